The first-order valence-corrected chi connectivity index (χ1v) is 5.28. The number of hydrogen-bond donors (Lipinski definition) is 1. The van der Waals surface area contributed by atoms with Gasteiger partial charge in [0, 0.05) is 10.9 Å². The van der Waals surface area contributed by atoms with Crippen LogP contribution >= 0.6 is 11.3 Å². The zero-order chi connectivity index (χ0) is 11.3. The highest BCUT2D eigenvalue weighted by molar-refractivity contribution is 7.09. The van der Waals surface area contributed by atoms with Gasteiger partial charge in [0.1, 0.15) is 6.61 Å². The molecule has 2 N–H and O–H groups in total. The maximum Gasteiger partial charge on any atom is 0.411 e. The molecule has 1 heterocycles. The Bertz CT molecular complexity index is 273. The van der Waals surface area contributed by atoms with E-state index in [0.717, 1.165) is 4.88 Å². The van der Waals surface area contributed by atoms with Crippen LogP contribution in [0.3, 0.4) is 0 Å². The Morgan fingerprint density at radius 1 is 1.47 bits per heavy atom. The highest BCUT2D eigenvalue weighted by atomic mass is 32.1. The molecule has 1 aromatic rings. The second kappa shape index (κ2) is 5.48. The standard InChI is InChI=1S/C9H12F3NOS/c10-9(11,12)6-14-5-7(13)4-8-2-1-3-15-8/h1-3,7H,4-6,13H2. The first-order valence-electron chi connectivity index (χ1n) is 4.40. The van der Waals surface area contributed by atoms with Crippen molar-refractivity contribution in [3.63, 3.8) is 0 Å². The normalized spacial score (nSPS) is 14.1. The third-order valence-corrected chi connectivity index (χ3v) is 2.54. The molecule has 0 aliphatic carbocycles. The molecule has 0 saturated carbocycles. The Morgan fingerprint density at radius 2 is 2.20 bits per heavy atom. The van der Waals surface area contributed by atoms with E-state index in [9.17, 15) is 13.2 Å². The molecule has 1 rings (SSSR count). The van der Waals surface area contributed by atoms with Gasteiger partial charge in [-0.25, -0.2) is 0 Å². The summed E-state index contributed by atoms with van der Waals surface area (Å²) < 4.78 is 39.6. The largest absolute Gasteiger partial charge is 0.411 e. The number of nitrogens with two attached hydrogens (primary N) is 1. The molecule has 0 aromatic carbocycles. The Balaban J connectivity index is 2.17. The second-order valence-corrected chi connectivity index (χ2v) is 4.21. The maximum atomic E-state index is 11.7. The minimum absolute atomic E-state index is 0.0720. The number of thiophene rings is 1. The predicted octanol–water partition coefficient (Wildman–Crippen LogP) is 2.20. The van der Waals surface area contributed by atoms with Crippen molar-refractivity contribution in [2.45, 2.75) is 18.6 Å². The fourth-order valence-electron chi connectivity index (χ4n) is 1.07. The Hall–Kier alpha value is -0.590. The molecule has 0 radical (unpaired) electrons. The van der Waals surface area contributed by atoms with E-state index in [0.29, 0.717) is 6.42 Å². The van der Waals surface area contributed by atoms with Crippen LogP contribution in [0.5, 0.6) is 0 Å². The first-order chi connectivity index (χ1) is 6.97. The van der Waals surface area contributed by atoms with Gasteiger partial charge < -0.3 is 10.5 Å². The molecule has 0 aliphatic rings. The summed E-state index contributed by atoms with van der Waals surface area (Å²) in [5.74, 6) is 0. The van der Waals surface area contributed by atoms with Gasteiger partial charge in [0.25, 0.3) is 0 Å². The van der Waals surface area contributed by atoms with E-state index in [2.05, 4.69) is 4.74 Å². The summed E-state index contributed by atoms with van der Waals surface area (Å²) >= 11 is 1.53. The first kappa shape index (κ1) is 12.5. The summed E-state index contributed by atoms with van der Waals surface area (Å²) in [7, 11) is 0. The van der Waals surface area contributed by atoms with Gasteiger partial charge in [-0.15, -0.1) is 11.3 Å². The lowest BCUT2D eigenvalue weighted by Gasteiger charge is -2.12. The van der Waals surface area contributed by atoms with Crippen molar-refractivity contribution < 1.29 is 17.9 Å². The predicted molar refractivity (Wildman–Crippen MR) is 52.9 cm³/mol. The number of hydrogen-bond acceptors (Lipinski definition) is 3. The van der Waals surface area contributed by atoms with Crippen LogP contribution in [-0.4, -0.2) is 25.4 Å². The molecule has 1 unspecified atom stereocenters. The SMILES string of the molecule is NC(COCC(F)(F)F)Cc1cccs1. The molecule has 1 atom stereocenters. The molecular weight excluding hydrogens is 227 g/mol. The van der Waals surface area contributed by atoms with Crippen LogP contribution in [0.2, 0.25) is 0 Å². The summed E-state index contributed by atoms with van der Waals surface area (Å²) in [6, 6.07) is 3.39. The third-order valence-electron chi connectivity index (χ3n) is 1.64. The zero-order valence-corrected chi connectivity index (χ0v) is 8.77. The highest BCUT2D eigenvalue weighted by Crippen LogP contribution is 2.15. The summed E-state index contributed by atoms with van der Waals surface area (Å²) in [5, 5.41) is 1.90. The van der Waals surface area contributed by atoms with Gasteiger partial charge in [-0.2, -0.15) is 13.2 Å². The Kier molecular flexibility index (Phi) is 4.56. The van der Waals surface area contributed by atoms with Crippen molar-refractivity contribution in [1.29, 1.82) is 0 Å². The van der Waals surface area contributed by atoms with Gasteiger partial charge in [0.2, 0.25) is 0 Å². The van der Waals surface area contributed by atoms with Crippen molar-refractivity contribution in [1.82, 2.24) is 0 Å². The van der Waals surface area contributed by atoms with Crippen molar-refractivity contribution >= 4 is 11.3 Å². The van der Waals surface area contributed by atoms with E-state index in [1.54, 1.807) is 0 Å². The molecule has 6 heteroatoms. The summed E-state index contributed by atoms with van der Waals surface area (Å²) in [4.78, 5) is 1.05. The van der Waals surface area contributed by atoms with Crippen LogP contribution in [-0.2, 0) is 11.2 Å². The summed E-state index contributed by atoms with van der Waals surface area (Å²) in [5.41, 5.74) is 5.61. The Labute approximate surface area is 89.8 Å². The van der Waals surface area contributed by atoms with E-state index in [1.807, 2.05) is 17.5 Å². The number of rotatable bonds is 5. The summed E-state index contributed by atoms with van der Waals surface area (Å²) in [6.07, 6.45) is -3.72. The fourth-order valence-corrected chi connectivity index (χ4v) is 1.87. The molecule has 0 amide bonds. The monoisotopic (exact) mass is 239 g/mol. The lowest BCUT2D eigenvalue weighted by Crippen LogP contribution is -2.30. The van der Waals surface area contributed by atoms with Crippen LogP contribution in [0.25, 0.3) is 0 Å². The van der Waals surface area contributed by atoms with Crippen LogP contribution in [0.1, 0.15) is 4.88 Å². The molecule has 0 bridgehead atoms. The minimum Gasteiger partial charge on any atom is -0.370 e. The third kappa shape index (κ3) is 5.76. The molecular formula is C9H12F3NOS. The lowest BCUT2D eigenvalue weighted by atomic mass is 10.2. The van der Waals surface area contributed by atoms with Crippen molar-refractivity contribution in [3.8, 4) is 0 Å². The van der Waals surface area contributed by atoms with Crippen LogP contribution < -0.4 is 5.73 Å². The van der Waals surface area contributed by atoms with Gasteiger partial charge >= 0.3 is 6.18 Å². The van der Waals surface area contributed by atoms with Crippen LogP contribution in [0.15, 0.2) is 17.5 Å². The number of ether oxygens (including phenoxy) is 1. The lowest BCUT2D eigenvalue weighted by molar-refractivity contribution is -0.174. The molecule has 0 fully saturated rings. The Morgan fingerprint density at radius 3 is 2.73 bits per heavy atom. The zero-order valence-electron chi connectivity index (χ0n) is 7.96. The van der Waals surface area contributed by atoms with Crippen molar-refractivity contribution in [2.75, 3.05) is 13.2 Å². The summed E-state index contributed by atoms with van der Waals surface area (Å²) in [6.45, 7) is -1.30. The second-order valence-electron chi connectivity index (χ2n) is 3.17. The van der Waals surface area contributed by atoms with E-state index in [4.69, 9.17) is 5.73 Å². The quantitative estimate of drug-likeness (QED) is 0.855. The highest BCUT2D eigenvalue weighted by Gasteiger charge is 2.27. The van der Waals surface area contributed by atoms with Gasteiger partial charge in [-0.3, -0.25) is 0 Å². The minimum atomic E-state index is -4.28. The van der Waals surface area contributed by atoms with Gasteiger partial charge in [0.05, 0.1) is 6.61 Å². The van der Waals surface area contributed by atoms with Gasteiger partial charge in [-0.05, 0) is 17.9 Å². The van der Waals surface area contributed by atoms with Gasteiger partial charge in [0.15, 0.2) is 0 Å². The number of halogens is 3. The van der Waals surface area contributed by atoms with E-state index in [-0.39, 0.29) is 12.6 Å². The van der Waals surface area contributed by atoms with Crippen LogP contribution in [0, 0.1) is 0 Å². The van der Waals surface area contributed by atoms with Crippen LogP contribution in [0.4, 0.5) is 13.2 Å². The molecule has 0 saturated heterocycles. The van der Waals surface area contributed by atoms with E-state index < -0.39 is 12.8 Å². The molecule has 15 heavy (non-hydrogen) atoms. The van der Waals surface area contributed by atoms with Crippen molar-refractivity contribution in [2.24, 2.45) is 5.73 Å². The topological polar surface area (TPSA) is 35.2 Å². The number of alkyl halides is 3. The molecule has 86 valence electrons. The molecule has 2 nitrogen and oxygen atoms in total. The molecule has 1 aromatic heterocycles. The fraction of sp³-hybridized carbons (Fsp3) is 0.556. The average Bonchev–Trinajstić information content (AvgIpc) is 2.54. The smallest absolute Gasteiger partial charge is 0.370 e. The maximum absolute atomic E-state index is 11.7. The van der Waals surface area contributed by atoms with E-state index >= 15 is 0 Å². The average molecular weight is 239 g/mol. The van der Waals surface area contributed by atoms with E-state index in [1.165, 1.54) is 11.3 Å². The molecule has 0 spiro atoms. The van der Waals surface area contributed by atoms with Crippen molar-refractivity contribution in [3.05, 3.63) is 22.4 Å². The van der Waals surface area contributed by atoms with Gasteiger partial charge in [-0.1, -0.05) is 6.07 Å². The molecule has 0 aliphatic heterocycles.